The highest BCUT2D eigenvalue weighted by atomic mass is 35.5. The van der Waals surface area contributed by atoms with E-state index in [1.807, 2.05) is 0 Å². The monoisotopic (exact) mass is 249 g/mol. The highest BCUT2D eigenvalue weighted by Crippen LogP contribution is 2.14. The fraction of sp³-hybridized carbons (Fsp3) is 0.333. The Bertz CT molecular complexity index is 619. The molecule has 0 aliphatic carbocycles. The van der Waals surface area contributed by atoms with Gasteiger partial charge in [-0.3, -0.25) is 9.36 Å². The number of fused-ring (bicyclic) bond motifs is 1. The first-order chi connectivity index (χ1) is 8.24. The van der Waals surface area contributed by atoms with Crippen LogP contribution in [0.1, 0.15) is 0 Å². The van der Waals surface area contributed by atoms with Crippen LogP contribution in [0.4, 0.5) is 0 Å². The zero-order valence-corrected chi connectivity index (χ0v) is 9.94. The topological polar surface area (TPSA) is 46.9 Å². The second-order valence-corrected chi connectivity index (χ2v) is 4.82. The van der Waals surface area contributed by atoms with Gasteiger partial charge in [0.15, 0.2) is 0 Å². The van der Waals surface area contributed by atoms with Gasteiger partial charge in [0.2, 0.25) is 0 Å². The van der Waals surface area contributed by atoms with Gasteiger partial charge in [0.25, 0.3) is 5.56 Å². The summed E-state index contributed by atoms with van der Waals surface area (Å²) in [5.41, 5.74) is 0.687. The lowest BCUT2D eigenvalue weighted by molar-refractivity contribution is 0.303. The van der Waals surface area contributed by atoms with E-state index in [0.717, 1.165) is 19.6 Å². The molecule has 88 valence electrons. The number of hydrogen-bond acceptors (Lipinski definition) is 3. The van der Waals surface area contributed by atoms with E-state index in [9.17, 15) is 4.79 Å². The Morgan fingerprint density at radius 3 is 3.00 bits per heavy atom. The van der Waals surface area contributed by atoms with Gasteiger partial charge in [-0.05, 0) is 18.2 Å². The van der Waals surface area contributed by atoms with Crippen molar-refractivity contribution in [2.75, 3.05) is 13.1 Å². The van der Waals surface area contributed by atoms with Gasteiger partial charge in [0, 0.05) is 30.6 Å². The summed E-state index contributed by atoms with van der Waals surface area (Å²) in [4.78, 5) is 16.5. The lowest BCUT2D eigenvalue weighted by Gasteiger charge is -2.27. The Morgan fingerprint density at radius 2 is 2.29 bits per heavy atom. The van der Waals surface area contributed by atoms with Gasteiger partial charge in [-0.2, -0.15) is 0 Å². The molecular weight excluding hydrogens is 238 g/mol. The third kappa shape index (κ3) is 1.94. The van der Waals surface area contributed by atoms with Crippen molar-refractivity contribution in [2.45, 2.75) is 6.54 Å². The molecule has 2 heterocycles. The summed E-state index contributed by atoms with van der Waals surface area (Å²) in [6.45, 7) is 2.67. The predicted octanol–water partition coefficient (Wildman–Crippen LogP) is 1.27. The first kappa shape index (κ1) is 10.7. The fourth-order valence-corrected chi connectivity index (χ4v) is 2.19. The molecule has 0 bridgehead atoms. The van der Waals surface area contributed by atoms with Gasteiger partial charge in [-0.15, -0.1) is 0 Å². The summed E-state index contributed by atoms with van der Waals surface area (Å²) in [5, 5.41) is 4.35. The van der Waals surface area contributed by atoms with Crippen LogP contribution in [-0.2, 0) is 6.54 Å². The van der Waals surface area contributed by atoms with Crippen LogP contribution in [0.5, 0.6) is 0 Å². The van der Waals surface area contributed by atoms with Crippen LogP contribution in [0, 0.1) is 5.92 Å². The number of nitrogens with one attached hydrogen (secondary N) is 1. The molecule has 1 aliphatic heterocycles. The summed E-state index contributed by atoms with van der Waals surface area (Å²) >= 11 is 5.90. The quantitative estimate of drug-likeness (QED) is 0.872. The minimum atomic E-state index is -0.00981. The molecule has 0 unspecified atom stereocenters. The van der Waals surface area contributed by atoms with Crippen LogP contribution < -0.4 is 10.9 Å². The van der Waals surface area contributed by atoms with Crippen LogP contribution >= 0.6 is 11.6 Å². The Hall–Kier alpha value is -1.39. The number of nitrogens with zero attached hydrogens (tertiary/aromatic N) is 2. The van der Waals surface area contributed by atoms with Crippen molar-refractivity contribution in [1.29, 1.82) is 0 Å². The van der Waals surface area contributed by atoms with Crippen molar-refractivity contribution in [3.63, 3.8) is 0 Å². The maximum atomic E-state index is 12.2. The van der Waals surface area contributed by atoms with E-state index in [-0.39, 0.29) is 5.56 Å². The lowest BCUT2D eigenvalue weighted by atomic mass is 10.0. The smallest absolute Gasteiger partial charge is 0.261 e. The first-order valence-electron chi connectivity index (χ1n) is 5.59. The van der Waals surface area contributed by atoms with Crippen LogP contribution in [-0.4, -0.2) is 22.6 Å². The van der Waals surface area contributed by atoms with E-state index in [2.05, 4.69) is 10.3 Å². The molecule has 5 heteroatoms. The van der Waals surface area contributed by atoms with Crippen molar-refractivity contribution >= 4 is 22.5 Å². The number of aromatic nitrogens is 2. The van der Waals surface area contributed by atoms with Crippen molar-refractivity contribution in [1.82, 2.24) is 14.9 Å². The van der Waals surface area contributed by atoms with Gasteiger partial charge < -0.3 is 5.32 Å². The zero-order chi connectivity index (χ0) is 11.8. The third-order valence-electron chi connectivity index (χ3n) is 3.11. The molecule has 3 rings (SSSR count). The van der Waals surface area contributed by atoms with Gasteiger partial charge in [0.05, 0.1) is 17.2 Å². The Morgan fingerprint density at radius 1 is 1.47 bits per heavy atom. The molecule has 4 nitrogen and oxygen atoms in total. The highest BCUT2D eigenvalue weighted by Gasteiger charge is 2.18. The maximum absolute atomic E-state index is 12.2. The van der Waals surface area contributed by atoms with E-state index >= 15 is 0 Å². The molecule has 1 fully saturated rings. The van der Waals surface area contributed by atoms with Crippen LogP contribution in [0.2, 0.25) is 5.02 Å². The second-order valence-electron chi connectivity index (χ2n) is 4.39. The maximum Gasteiger partial charge on any atom is 0.261 e. The number of benzene rings is 1. The summed E-state index contributed by atoms with van der Waals surface area (Å²) in [6.07, 6.45) is 1.62. The largest absolute Gasteiger partial charge is 0.316 e. The summed E-state index contributed by atoms with van der Waals surface area (Å²) < 4.78 is 1.67. The molecule has 0 saturated carbocycles. The van der Waals surface area contributed by atoms with Crippen LogP contribution in [0.15, 0.2) is 29.3 Å². The van der Waals surface area contributed by atoms with E-state index in [1.54, 1.807) is 29.1 Å². The molecule has 0 spiro atoms. The minimum absolute atomic E-state index is 0.00981. The molecule has 1 aromatic carbocycles. The van der Waals surface area contributed by atoms with Gasteiger partial charge in [-0.25, -0.2) is 4.98 Å². The number of halogens is 1. The van der Waals surface area contributed by atoms with E-state index < -0.39 is 0 Å². The lowest BCUT2D eigenvalue weighted by Crippen LogP contribution is -2.45. The first-order valence-corrected chi connectivity index (χ1v) is 5.97. The second kappa shape index (κ2) is 4.13. The van der Waals surface area contributed by atoms with Crippen LogP contribution in [0.3, 0.4) is 0 Å². The van der Waals surface area contributed by atoms with Crippen LogP contribution in [0.25, 0.3) is 10.9 Å². The summed E-state index contributed by atoms with van der Waals surface area (Å²) in [6, 6.07) is 5.20. The molecule has 17 heavy (non-hydrogen) atoms. The molecular formula is C12H12ClN3O. The van der Waals surface area contributed by atoms with Gasteiger partial charge in [-0.1, -0.05) is 11.6 Å². The Labute approximate surface area is 103 Å². The molecule has 2 aromatic rings. The fourth-order valence-electron chi connectivity index (χ4n) is 2.02. The van der Waals surface area contributed by atoms with Gasteiger partial charge in [0.1, 0.15) is 0 Å². The average Bonchev–Trinajstić information content (AvgIpc) is 2.27. The van der Waals surface area contributed by atoms with Crippen molar-refractivity contribution in [3.8, 4) is 0 Å². The Kier molecular flexibility index (Phi) is 2.61. The summed E-state index contributed by atoms with van der Waals surface area (Å²) in [7, 11) is 0. The number of rotatable bonds is 2. The average molecular weight is 250 g/mol. The van der Waals surface area contributed by atoms with E-state index in [0.29, 0.717) is 21.8 Å². The molecule has 0 amide bonds. The minimum Gasteiger partial charge on any atom is -0.316 e. The zero-order valence-electron chi connectivity index (χ0n) is 9.19. The van der Waals surface area contributed by atoms with Gasteiger partial charge >= 0.3 is 0 Å². The van der Waals surface area contributed by atoms with Crippen molar-refractivity contribution in [3.05, 3.63) is 39.9 Å². The number of hydrogen-bond donors (Lipinski definition) is 1. The SMILES string of the molecule is O=c1c2cc(Cl)ccc2ncn1CC1CNC1. The molecule has 0 radical (unpaired) electrons. The van der Waals surface area contributed by atoms with E-state index in [4.69, 9.17) is 11.6 Å². The Balaban J connectivity index is 2.07. The molecule has 0 atom stereocenters. The molecule has 1 aromatic heterocycles. The highest BCUT2D eigenvalue weighted by molar-refractivity contribution is 6.31. The molecule has 1 saturated heterocycles. The standard InChI is InChI=1S/C12H12ClN3O/c13-9-1-2-11-10(3-9)12(17)16(7-15-11)6-8-4-14-5-8/h1-3,7-8,14H,4-6H2. The van der Waals surface area contributed by atoms with Crippen molar-refractivity contribution < 1.29 is 0 Å². The molecule has 1 N–H and O–H groups in total. The van der Waals surface area contributed by atoms with Crippen molar-refractivity contribution in [2.24, 2.45) is 5.92 Å². The summed E-state index contributed by atoms with van der Waals surface area (Å²) in [5.74, 6) is 0.533. The normalized spacial score (nSPS) is 16.1. The predicted molar refractivity (Wildman–Crippen MR) is 67.4 cm³/mol. The van der Waals surface area contributed by atoms with E-state index in [1.165, 1.54) is 0 Å². The molecule has 1 aliphatic rings. The third-order valence-corrected chi connectivity index (χ3v) is 3.34.